The van der Waals surface area contributed by atoms with E-state index in [9.17, 15) is 32.8 Å². The minimum atomic E-state index is -5.25. The van der Waals surface area contributed by atoms with Gasteiger partial charge in [0.25, 0.3) is 0 Å². The van der Waals surface area contributed by atoms with Gasteiger partial charge in [0, 0.05) is 5.56 Å². The van der Waals surface area contributed by atoms with Crippen molar-refractivity contribution in [1.29, 1.82) is 0 Å². The first-order valence-electron chi connectivity index (χ1n) is 8.02. The van der Waals surface area contributed by atoms with Crippen LogP contribution < -0.4 is 10.2 Å². The van der Waals surface area contributed by atoms with Crippen LogP contribution in [-0.4, -0.2) is 49.9 Å². The predicted octanol–water partition coefficient (Wildman–Crippen LogP) is 0.930. The lowest BCUT2D eigenvalue weighted by molar-refractivity contribution is -0.189. The third-order valence-electron chi connectivity index (χ3n) is 4.03. The van der Waals surface area contributed by atoms with Crippen LogP contribution in [0.3, 0.4) is 0 Å². The number of ether oxygens (including phenoxy) is 1. The summed E-state index contributed by atoms with van der Waals surface area (Å²) < 4.78 is 43.6. The van der Waals surface area contributed by atoms with Crippen molar-refractivity contribution in [3.8, 4) is 5.75 Å². The second kappa shape index (κ2) is 7.56. The summed E-state index contributed by atoms with van der Waals surface area (Å²) in [5, 5.41) is 27.6. The number of halogens is 3. The van der Waals surface area contributed by atoms with E-state index >= 15 is 0 Å². The minimum Gasteiger partial charge on any atom is -0.478 e. The maximum Gasteiger partial charge on any atom is 0.491 e. The van der Waals surface area contributed by atoms with Crippen molar-refractivity contribution >= 4 is 35.6 Å². The fourth-order valence-electron chi connectivity index (χ4n) is 2.61. The van der Waals surface area contributed by atoms with Gasteiger partial charge in [-0.2, -0.15) is 13.2 Å². The van der Waals surface area contributed by atoms with E-state index in [2.05, 4.69) is 9.72 Å². The van der Waals surface area contributed by atoms with Gasteiger partial charge in [-0.3, -0.25) is 0 Å². The highest BCUT2D eigenvalue weighted by atomic mass is 19.4. The number of nitrogens with zero attached hydrogens (tertiary/aromatic N) is 2. The molecule has 150 valence electrons. The summed E-state index contributed by atoms with van der Waals surface area (Å²) in [5.74, 6) is -4.15. The molecule has 0 radical (unpaired) electrons. The van der Waals surface area contributed by atoms with Crippen molar-refractivity contribution in [1.82, 2.24) is 9.55 Å². The molecule has 1 heterocycles. The lowest BCUT2D eigenvalue weighted by Crippen LogP contribution is -2.32. The Morgan fingerprint density at radius 3 is 2.48 bits per heavy atom. The van der Waals surface area contributed by atoms with Gasteiger partial charge in [0.2, 0.25) is 0 Å². The molecule has 12 heteroatoms. The zero-order chi connectivity index (χ0) is 21.3. The molecule has 8 nitrogen and oxygen atoms in total. The van der Waals surface area contributed by atoms with Crippen LogP contribution in [0.2, 0.25) is 0 Å². The van der Waals surface area contributed by atoms with Crippen LogP contribution in [0.1, 0.15) is 15.9 Å². The maximum absolute atomic E-state index is 12.6. The summed E-state index contributed by atoms with van der Waals surface area (Å²) in [6, 6.07) is 7.60. The van der Waals surface area contributed by atoms with Gasteiger partial charge in [-0.1, -0.05) is 12.1 Å². The van der Waals surface area contributed by atoms with Crippen molar-refractivity contribution in [2.75, 3.05) is 0 Å². The number of fused-ring (bicyclic) bond motifs is 1. The number of carbonyl (C=O) groups is 2. The second-order valence-corrected chi connectivity index (χ2v) is 6.01. The SMILES string of the molecule is O=C(O)c1ccc2ncn(Cc3ccc(B(O)O)cc3OC(=O)C(F)(F)F)c2c1. The van der Waals surface area contributed by atoms with Crippen LogP contribution in [0.25, 0.3) is 11.0 Å². The van der Waals surface area contributed by atoms with Crippen molar-refractivity contribution < 1.29 is 42.7 Å². The Morgan fingerprint density at radius 2 is 1.86 bits per heavy atom. The topological polar surface area (TPSA) is 122 Å². The van der Waals surface area contributed by atoms with E-state index < -0.39 is 31.0 Å². The van der Waals surface area contributed by atoms with E-state index in [1.54, 1.807) is 0 Å². The average Bonchev–Trinajstić information content (AvgIpc) is 3.04. The van der Waals surface area contributed by atoms with Crippen LogP contribution in [-0.2, 0) is 11.3 Å². The number of rotatable bonds is 5. The van der Waals surface area contributed by atoms with Gasteiger partial charge in [-0.25, -0.2) is 14.6 Å². The van der Waals surface area contributed by atoms with Crippen LogP contribution in [0.15, 0.2) is 42.7 Å². The Kier molecular flexibility index (Phi) is 5.31. The standard InChI is InChI=1S/C17H12BF3N2O6/c19-17(20,21)16(26)29-14-6-11(18(27)28)3-1-10(14)7-23-8-22-12-4-2-9(15(24)25)5-13(12)23/h1-6,8,27-28H,7H2,(H,24,25). The van der Waals surface area contributed by atoms with E-state index in [1.165, 1.54) is 41.2 Å². The smallest absolute Gasteiger partial charge is 0.478 e. The molecule has 1 aromatic heterocycles. The van der Waals surface area contributed by atoms with E-state index in [1.807, 2.05) is 0 Å². The molecule has 29 heavy (non-hydrogen) atoms. The van der Waals surface area contributed by atoms with Crippen LogP contribution in [0.5, 0.6) is 5.75 Å². The third kappa shape index (κ3) is 4.38. The summed E-state index contributed by atoms with van der Waals surface area (Å²) in [7, 11) is -1.99. The molecule has 0 fully saturated rings. The Bertz CT molecular complexity index is 1100. The van der Waals surface area contributed by atoms with Gasteiger partial charge in [0.05, 0.1) is 29.5 Å². The van der Waals surface area contributed by atoms with Gasteiger partial charge in [0.1, 0.15) is 5.75 Å². The molecule has 3 N–H and O–H groups in total. The van der Waals surface area contributed by atoms with E-state index in [0.29, 0.717) is 11.0 Å². The number of aromatic nitrogens is 2. The average molecular weight is 408 g/mol. The van der Waals surface area contributed by atoms with Gasteiger partial charge in [0.15, 0.2) is 0 Å². The van der Waals surface area contributed by atoms with Crippen molar-refractivity contribution in [3.05, 3.63) is 53.9 Å². The number of hydrogen-bond acceptors (Lipinski definition) is 6. The van der Waals surface area contributed by atoms with Crippen molar-refractivity contribution in [2.24, 2.45) is 0 Å². The highest BCUT2D eigenvalue weighted by Crippen LogP contribution is 2.25. The molecule has 0 aliphatic carbocycles. The first-order chi connectivity index (χ1) is 13.6. The Balaban J connectivity index is 2.02. The highest BCUT2D eigenvalue weighted by molar-refractivity contribution is 6.58. The number of alkyl halides is 3. The zero-order valence-electron chi connectivity index (χ0n) is 14.4. The van der Waals surface area contributed by atoms with Gasteiger partial charge in [-0.05, 0) is 29.7 Å². The van der Waals surface area contributed by atoms with Crippen molar-refractivity contribution in [3.63, 3.8) is 0 Å². The Morgan fingerprint density at radius 1 is 1.14 bits per heavy atom. The number of carbonyl (C=O) groups excluding carboxylic acids is 1. The van der Waals surface area contributed by atoms with Gasteiger partial charge in [-0.15, -0.1) is 0 Å². The summed E-state index contributed by atoms with van der Waals surface area (Å²) in [6.07, 6.45) is -3.90. The minimum absolute atomic E-state index is 0.0123. The molecule has 0 spiro atoms. The summed E-state index contributed by atoms with van der Waals surface area (Å²) in [5.41, 5.74) is 0.756. The van der Waals surface area contributed by atoms with E-state index in [0.717, 1.165) is 6.07 Å². The van der Waals surface area contributed by atoms with Crippen LogP contribution in [0.4, 0.5) is 13.2 Å². The molecule has 3 aromatic rings. The Hall–Kier alpha value is -3.38. The third-order valence-corrected chi connectivity index (χ3v) is 4.03. The largest absolute Gasteiger partial charge is 0.491 e. The molecule has 0 amide bonds. The molecule has 0 bridgehead atoms. The number of carboxylic acids is 1. The second-order valence-electron chi connectivity index (χ2n) is 6.01. The molecule has 3 rings (SSSR count). The lowest BCUT2D eigenvalue weighted by atomic mass is 9.80. The van der Waals surface area contributed by atoms with Crippen molar-refractivity contribution in [2.45, 2.75) is 12.7 Å². The molecule has 0 saturated carbocycles. The molecule has 0 unspecified atom stereocenters. The molecular weight excluding hydrogens is 396 g/mol. The number of benzene rings is 2. The molecule has 0 aliphatic heterocycles. The van der Waals surface area contributed by atoms with Crippen LogP contribution in [0, 0.1) is 0 Å². The number of hydrogen-bond donors (Lipinski definition) is 3. The Labute approximate surface area is 160 Å². The summed E-state index contributed by atoms with van der Waals surface area (Å²) in [6.45, 7) is -0.123. The normalized spacial score (nSPS) is 11.5. The fourth-order valence-corrected chi connectivity index (χ4v) is 2.61. The number of imidazole rings is 1. The number of esters is 1. The quantitative estimate of drug-likeness (QED) is 0.326. The molecule has 0 aliphatic rings. The van der Waals surface area contributed by atoms with E-state index in [4.69, 9.17) is 5.11 Å². The monoisotopic (exact) mass is 408 g/mol. The molecule has 0 saturated heterocycles. The summed E-state index contributed by atoms with van der Waals surface area (Å²) >= 11 is 0. The van der Waals surface area contributed by atoms with Crippen LogP contribution >= 0.6 is 0 Å². The van der Waals surface area contributed by atoms with Gasteiger partial charge >= 0.3 is 25.2 Å². The molecule has 2 aromatic carbocycles. The highest BCUT2D eigenvalue weighted by Gasteiger charge is 2.41. The molecular formula is C17H12BF3N2O6. The van der Waals surface area contributed by atoms with Gasteiger partial charge < -0.3 is 24.5 Å². The summed E-state index contributed by atoms with van der Waals surface area (Å²) in [4.78, 5) is 26.5. The zero-order valence-corrected chi connectivity index (χ0v) is 14.4. The number of aromatic carboxylic acids is 1. The first kappa shape index (κ1) is 20.4. The predicted molar refractivity (Wildman–Crippen MR) is 93.8 cm³/mol. The molecule has 0 atom stereocenters. The lowest BCUT2D eigenvalue weighted by Gasteiger charge is -2.14. The maximum atomic E-state index is 12.6. The fraction of sp³-hybridized carbons (Fsp3) is 0.118. The first-order valence-corrected chi connectivity index (χ1v) is 8.02. The number of carboxylic acid groups (broad SMARTS) is 1. The van der Waals surface area contributed by atoms with E-state index in [-0.39, 0.29) is 23.1 Å².